The zero-order valence-corrected chi connectivity index (χ0v) is 27.7. The van der Waals surface area contributed by atoms with Gasteiger partial charge in [-0.1, -0.05) is 36.4 Å². The normalized spacial score (nSPS) is 17.8. The second kappa shape index (κ2) is 14.2. The molecular weight excluding hydrogens is 596 g/mol. The summed E-state index contributed by atoms with van der Waals surface area (Å²) in [5.74, 6) is -0.628. The van der Waals surface area contributed by atoms with E-state index in [-0.39, 0.29) is 42.9 Å². The summed E-state index contributed by atoms with van der Waals surface area (Å²) in [6.45, 7) is 7.43. The maximum atomic E-state index is 13.7. The Morgan fingerprint density at radius 2 is 1.79 bits per heavy atom. The number of carbonyl (C=O) groups is 4. The van der Waals surface area contributed by atoms with Gasteiger partial charge in [-0.3, -0.25) is 19.5 Å². The van der Waals surface area contributed by atoms with Crippen molar-refractivity contribution in [3.63, 3.8) is 0 Å². The zero-order chi connectivity index (χ0) is 33.7. The summed E-state index contributed by atoms with van der Waals surface area (Å²) in [6.07, 6.45) is 4.41. The fraction of sp³-hybridized carbons (Fsp3) is 0.400. The van der Waals surface area contributed by atoms with Gasteiger partial charge in [0.25, 0.3) is 5.91 Å². The summed E-state index contributed by atoms with van der Waals surface area (Å²) >= 11 is 0. The number of benzene rings is 2. The Morgan fingerprint density at radius 1 is 1.06 bits per heavy atom. The van der Waals surface area contributed by atoms with Gasteiger partial charge in [0.05, 0.1) is 29.7 Å². The van der Waals surface area contributed by atoms with Gasteiger partial charge in [-0.05, 0) is 83.6 Å². The number of nitrogens with zero attached hydrogens (tertiary/aromatic N) is 4. The summed E-state index contributed by atoms with van der Waals surface area (Å²) in [7, 11) is 3.95. The Balaban J connectivity index is 1.22. The summed E-state index contributed by atoms with van der Waals surface area (Å²) < 4.78 is 0. The SMILES string of the molecule is C/C=C/C(=O)Nc1ccc(C(=O)N2CCCC(C(=O)Nc3n[nH]c4c3CN(C(=O)N[C@H](CN(C)C)c3ccccc3)C4(C)C)C2)cc1. The number of amides is 5. The molecule has 2 aliphatic rings. The Labute approximate surface area is 275 Å². The number of H-pyrrole nitrogens is 1. The van der Waals surface area contributed by atoms with E-state index < -0.39 is 11.5 Å². The van der Waals surface area contributed by atoms with Crippen LogP contribution in [0.3, 0.4) is 0 Å². The van der Waals surface area contributed by atoms with Crippen LogP contribution in [-0.4, -0.2) is 82.4 Å². The molecule has 0 radical (unpaired) electrons. The number of rotatable bonds is 9. The van der Waals surface area contributed by atoms with E-state index in [0.717, 1.165) is 16.8 Å². The quantitative estimate of drug-likeness (QED) is 0.254. The molecule has 1 saturated heterocycles. The first-order valence-electron chi connectivity index (χ1n) is 16.0. The van der Waals surface area contributed by atoms with Crippen molar-refractivity contribution in [2.24, 2.45) is 5.92 Å². The third-order valence-electron chi connectivity index (χ3n) is 8.80. The molecule has 0 aliphatic carbocycles. The van der Waals surface area contributed by atoms with Gasteiger partial charge in [-0.15, -0.1) is 0 Å². The molecule has 0 bridgehead atoms. The molecule has 1 fully saturated rings. The highest BCUT2D eigenvalue weighted by atomic mass is 16.2. The highest BCUT2D eigenvalue weighted by molar-refractivity contribution is 6.00. The average molecular weight is 641 g/mol. The summed E-state index contributed by atoms with van der Waals surface area (Å²) in [4.78, 5) is 57.8. The summed E-state index contributed by atoms with van der Waals surface area (Å²) in [6, 6.07) is 16.2. The van der Waals surface area contributed by atoms with E-state index in [1.54, 1.807) is 47.1 Å². The van der Waals surface area contributed by atoms with Gasteiger partial charge in [0.15, 0.2) is 5.82 Å². The average Bonchev–Trinajstić information content (AvgIpc) is 3.58. The van der Waals surface area contributed by atoms with Crippen molar-refractivity contribution in [2.45, 2.75) is 51.7 Å². The smallest absolute Gasteiger partial charge is 0.319 e. The number of urea groups is 1. The van der Waals surface area contributed by atoms with Crippen LogP contribution < -0.4 is 16.0 Å². The first kappa shape index (κ1) is 33.4. The number of aromatic amines is 1. The van der Waals surface area contributed by atoms with Crippen LogP contribution in [0.4, 0.5) is 16.3 Å². The van der Waals surface area contributed by atoms with Gasteiger partial charge >= 0.3 is 6.03 Å². The number of anilines is 2. The molecule has 0 spiro atoms. The number of nitrogens with one attached hydrogen (secondary N) is 4. The topological polar surface area (TPSA) is 143 Å². The zero-order valence-electron chi connectivity index (χ0n) is 27.7. The van der Waals surface area contributed by atoms with Crippen LogP contribution in [0, 0.1) is 5.92 Å². The van der Waals surface area contributed by atoms with Crippen LogP contribution in [0.5, 0.6) is 0 Å². The van der Waals surface area contributed by atoms with E-state index in [2.05, 4.69) is 26.1 Å². The van der Waals surface area contributed by atoms with Crippen LogP contribution in [0.2, 0.25) is 0 Å². The van der Waals surface area contributed by atoms with Crippen molar-refractivity contribution in [3.8, 4) is 0 Å². The predicted molar refractivity (Wildman–Crippen MR) is 181 cm³/mol. The Hall–Kier alpha value is -4.97. The van der Waals surface area contributed by atoms with Crippen LogP contribution in [0.15, 0.2) is 66.7 Å². The van der Waals surface area contributed by atoms with E-state index >= 15 is 0 Å². The highest BCUT2D eigenvalue weighted by Gasteiger charge is 2.44. The lowest BCUT2D eigenvalue weighted by Gasteiger charge is -2.34. The minimum absolute atomic E-state index is 0.166. The second-order valence-electron chi connectivity index (χ2n) is 12.9. The summed E-state index contributed by atoms with van der Waals surface area (Å²) in [5.41, 5.74) is 2.96. The number of hydrogen-bond acceptors (Lipinski definition) is 6. The van der Waals surface area contributed by atoms with Gasteiger partial charge < -0.3 is 30.7 Å². The molecule has 1 aromatic heterocycles. The Kier molecular flexibility index (Phi) is 10.1. The van der Waals surface area contributed by atoms with E-state index in [1.165, 1.54) is 6.08 Å². The number of allylic oxidation sites excluding steroid dienone is 1. The minimum atomic E-state index is -0.687. The number of piperidine rings is 1. The van der Waals surface area contributed by atoms with Crippen molar-refractivity contribution in [1.29, 1.82) is 0 Å². The van der Waals surface area contributed by atoms with Crippen molar-refractivity contribution in [2.75, 3.05) is 44.4 Å². The molecule has 5 amide bonds. The molecule has 4 N–H and O–H groups in total. The van der Waals surface area contributed by atoms with Gasteiger partial charge in [-0.2, -0.15) is 5.10 Å². The molecule has 2 atom stereocenters. The third-order valence-corrected chi connectivity index (χ3v) is 8.80. The molecule has 0 saturated carbocycles. The highest BCUT2D eigenvalue weighted by Crippen LogP contribution is 2.41. The monoisotopic (exact) mass is 640 g/mol. The van der Waals surface area contributed by atoms with E-state index in [0.29, 0.717) is 43.0 Å². The van der Waals surface area contributed by atoms with Gasteiger partial charge in [-0.25, -0.2) is 4.79 Å². The molecule has 2 aromatic carbocycles. The molecule has 1 unspecified atom stereocenters. The fourth-order valence-electron chi connectivity index (χ4n) is 6.27. The van der Waals surface area contributed by atoms with E-state index in [1.807, 2.05) is 63.2 Å². The molecule has 47 heavy (non-hydrogen) atoms. The fourth-order valence-corrected chi connectivity index (χ4v) is 6.27. The maximum Gasteiger partial charge on any atom is 0.319 e. The van der Waals surface area contributed by atoms with Crippen molar-refractivity contribution < 1.29 is 19.2 Å². The predicted octanol–water partition coefficient (Wildman–Crippen LogP) is 4.48. The van der Waals surface area contributed by atoms with Gasteiger partial charge in [0.2, 0.25) is 11.8 Å². The van der Waals surface area contributed by atoms with Crippen molar-refractivity contribution in [3.05, 3.63) is 89.1 Å². The van der Waals surface area contributed by atoms with E-state index in [4.69, 9.17) is 0 Å². The lowest BCUT2D eigenvalue weighted by molar-refractivity contribution is -0.121. The number of likely N-dealkylation sites (tertiary alicyclic amines) is 1. The number of carbonyl (C=O) groups excluding carboxylic acids is 4. The number of likely N-dealkylation sites (N-methyl/N-ethyl adjacent to an activating group) is 1. The second-order valence-corrected chi connectivity index (χ2v) is 12.9. The van der Waals surface area contributed by atoms with Crippen molar-refractivity contribution >= 4 is 35.3 Å². The first-order chi connectivity index (χ1) is 22.5. The van der Waals surface area contributed by atoms with Crippen LogP contribution in [-0.2, 0) is 21.7 Å². The molecule has 12 heteroatoms. The third kappa shape index (κ3) is 7.54. The van der Waals surface area contributed by atoms with Gasteiger partial charge in [0, 0.05) is 36.4 Å². The van der Waals surface area contributed by atoms with Crippen LogP contribution in [0.1, 0.15) is 66.8 Å². The molecule has 2 aliphatic heterocycles. The minimum Gasteiger partial charge on any atom is -0.338 e. The summed E-state index contributed by atoms with van der Waals surface area (Å²) in [5, 5.41) is 16.4. The molecule has 3 heterocycles. The van der Waals surface area contributed by atoms with Crippen LogP contribution in [0.25, 0.3) is 0 Å². The Morgan fingerprint density at radius 3 is 2.47 bits per heavy atom. The molecule has 12 nitrogen and oxygen atoms in total. The molecule has 3 aromatic rings. The molecule has 5 rings (SSSR count). The first-order valence-corrected chi connectivity index (χ1v) is 16.0. The molecule has 248 valence electrons. The maximum absolute atomic E-state index is 13.7. The van der Waals surface area contributed by atoms with Crippen LogP contribution >= 0.6 is 0 Å². The molecular formula is C35H44N8O4. The number of hydrogen-bond donors (Lipinski definition) is 4. The lowest BCUT2D eigenvalue weighted by atomic mass is 9.96. The number of fused-ring (bicyclic) bond motifs is 1. The van der Waals surface area contributed by atoms with E-state index in [9.17, 15) is 19.2 Å². The van der Waals surface area contributed by atoms with Gasteiger partial charge in [0.1, 0.15) is 0 Å². The standard InChI is InChI=1S/C35H44N8O4/c1-6-11-29(44)36-26-17-15-24(16-18-26)33(46)42-19-10-14-25(20-42)32(45)38-31-27-21-43(35(2,3)30(27)39-40-31)34(47)37-28(22-41(4)5)23-12-8-7-9-13-23/h6-9,11-13,15-18,25,28H,10,14,19-22H2,1-5H3,(H,36,44)(H,37,47)(H2,38,39,40,45)/b11-6+/t25?,28-/m1/s1. The largest absolute Gasteiger partial charge is 0.338 e. The Bertz CT molecular complexity index is 1630. The number of aromatic nitrogens is 2. The van der Waals surface area contributed by atoms with Crippen molar-refractivity contribution in [1.82, 2.24) is 30.2 Å². The lowest BCUT2D eigenvalue weighted by Crippen LogP contribution is -2.48.